The number of likely N-dealkylation sites (tertiary alicyclic amines) is 1. The van der Waals surface area contributed by atoms with Crippen molar-refractivity contribution in [2.24, 2.45) is 7.05 Å². The first-order valence-corrected chi connectivity index (χ1v) is 9.55. The minimum absolute atomic E-state index is 0. The van der Waals surface area contributed by atoms with Gasteiger partial charge in [0.05, 0.1) is 24.5 Å². The van der Waals surface area contributed by atoms with Gasteiger partial charge in [0.1, 0.15) is 0 Å². The smallest absolute Gasteiger partial charge is 0.329 e. The molecule has 31 heavy (non-hydrogen) atoms. The first-order chi connectivity index (χ1) is 14.2. The van der Waals surface area contributed by atoms with Gasteiger partial charge in [0.25, 0.3) is 5.92 Å². The SMILES string of the molecule is Cl.Cn1nc(N2CCC(=O)NC2=O)c2ccc(C3CCN(CC(=O)O)CC3(F)F)cc21. The third-order valence-electron chi connectivity index (χ3n) is 5.61. The predicted octanol–water partition coefficient (Wildman–Crippen LogP) is 1.95. The standard InChI is InChI=1S/C19H21F2N5O4.ClH/c1-24-14-8-11(13-4-6-25(9-16(28)29)10-19(13,20)21)2-3-12(14)17(23-24)26-7-5-15(27)22-18(26)30;/h2-3,8,13H,4-7,9-10H2,1H3,(H,28,29)(H,22,27,30);1H. The molecule has 12 heteroatoms. The quantitative estimate of drug-likeness (QED) is 0.726. The number of carbonyl (C=O) groups is 3. The molecule has 0 spiro atoms. The highest BCUT2D eigenvalue weighted by Crippen LogP contribution is 2.41. The highest BCUT2D eigenvalue weighted by molar-refractivity contribution is 6.08. The van der Waals surface area contributed by atoms with Crippen LogP contribution < -0.4 is 10.2 Å². The number of aliphatic carboxylic acids is 1. The van der Waals surface area contributed by atoms with Crippen LogP contribution in [0.15, 0.2) is 18.2 Å². The van der Waals surface area contributed by atoms with Crippen LogP contribution in [0.2, 0.25) is 0 Å². The molecule has 2 fully saturated rings. The van der Waals surface area contributed by atoms with Gasteiger partial charge < -0.3 is 5.11 Å². The highest BCUT2D eigenvalue weighted by Gasteiger charge is 2.45. The molecule has 9 nitrogen and oxygen atoms in total. The van der Waals surface area contributed by atoms with Gasteiger partial charge in [0, 0.05) is 25.4 Å². The van der Waals surface area contributed by atoms with E-state index in [-0.39, 0.29) is 44.2 Å². The van der Waals surface area contributed by atoms with Crippen LogP contribution in [0.3, 0.4) is 0 Å². The Morgan fingerprint density at radius 3 is 2.71 bits per heavy atom. The number of imide groups is 1. The number of alkyl halides is 2. The summed E-state index contributed by atoms with van der Waals surface area (Å²) in [6.45, 7) is -0.560. The summed E-state index contributed by atoms with van der Waals surface area (Å²) in [5.74, 6) is -5.23. The van der Waals surface area contributed by atoms with Crippen molar-refractivity contribution >= 4 is 47.0 Å². The fourth-order valence-corrected chi connectivity index (χ4v) is 4.18. The Morgan fingerprint density at radius 2 is 2.06 bits per heavy atom. The number of piperidine rings is 1. The van der Waals surface area contributed by atoms with Crippen molar-refractivity contribution in [3.05, 3.63) is 23.8 Å². The maximum Gasteiger partial charge on any atom is 0.329 e. The summed E-state index contributed by atoms with van der Waals surface area (Å²) in [4.78, 5) is 37.0. The molecule has 0 radical (unpaired) electrons. The Hall–Kier alpha value is -2.79. The molecular formula is C19H22ClF2N5O4. The van der Waals surface area contributed by atoms with Gasteiger partial charge in [-0.15, -0.1) is 12.4 Å². The molecule has 2 aliphatic rings. The molecule has 2 aliphatic heterocycles. The number of hydrogen-bond donors (Lipinski definition) is 2. The van der Waals surface area contributed by atoms with E-state index in [0.29, 0.717) is 22.3 Å². The van der Waals surface area contributed by atoms with Crippen LogP contribution in [-0.2, 0) is 16.6 Å². The molecular weight excluding hydrogens is 436 g/mol. The van der Waals surface area contributed by atoms with Gasteiger partial charge in [0.15, 0.2) is 5.82 Å². The Kier molecular flexibility index (Phi) is 6.19. The molecule has 2 saturated heterocycles. The lowest BCUT2D eigenvalue weighted by Gasteiger charge is -2.37. The van der Waals surface area contributed by atoms with E-state index in [1.807, 2.05) is 0 Å². The van der Waals surface area contributed by atoms with E-state index in [0.717, 1.165) is 0 Å². The van der Waals surface area contributed by atoms with Gasteiger partial charge in [-0.25, -0.2) is 13.6 Å². The average Bonchev–Trinajstić information content (AvgIpc) is 2.96. The molecule has 2 N–H and O–H groups in total. The molecule has 3 amide bonds. The van der Waals surface area contributed by atoms with Gasteiger partial charge in [-0.05, 0) is 30.7 Å². The fraction of sp³-hybridized carbons (Fsp3) is 0.474. The lowest BCUT2D eigenvalue weighted by atomic mass is 9.86. The van der Waals surface area contributed by atoms with Crippen molar-refractivity contribution in [3.63, 3.8) is 0 Å². The van der Waals surface area contributed by atoms with Gasteiger partial charge in [-0.2, -0.15) is 5.10 Å². The summed E-state index contributed by atoms with van der Waals surface area (Å²) in [6, 6.07) is 4.35. The lowest BCUT2D eigenvalue weighted by Crippen LogP contribution is -2.49. The zero-order valence-electron chi connectivity index (χ0n) is 16.7. The van der Waals surface area contributed by atoms with Crippen LogP contribution in [0.1, 0.15) is 24.3 Å². The van der Waals surface area contributed by atoms with Gasteiger partial charge in [0.2, 0.25) is 5.91 Å². The molecule has 1 unspecified atom stereocenters. The van der Waals surface area contributed by atoms with Crippen LogP contribution >= 0.6 is 12.4 Å². The molecule has 1 aromatic carbocycles. The number of fused-ring (bicyclic) bond motifs is 1. The van der Waals surface area contributed by atoms with E-state index < -0.39 is 36.9 Å². The molecule has 0 aliphatic carbocycles. The maximum absolute atomic E-state index is 14.8. The Labute approximate surface area is 182 Å². The monoisotopic (exact) mass is 457 g/mol. The second-order valence-electron chi connectivity index (χ2n) is 7.69. The summed E-state index contributed by atoms with van der Waals surface area (Å²) in [5.41, 5.74) is 1.03. The predicted molar refractivity (Wildman–Crippen MR) is 110 cm³/mol. The van der Waals surface area contributed by atoms with Crippen LogP contribution in [-0.4, -0.2) is 69.8 Å². The fourth-order valence-electron chi connectivity index (χ4n) is 4.18. The third kappa shape index (κ3) is 4.33. The van der Waals surface area contributed by atoms with E-state index in [1.54, 1.807) is 25.2 Å². The zero-order chi connectivity index (χ0) is 21.6. The van der Waals surface area contributed by atoms with Gasteiger partial charge in [-0.3, -0.25) is 29.4 Å². The second kappa shape index (κ2) is 8.39. The van der Waals surface area contributed by atoms with E-state index in [9.17, 15) is 23.2 Å². The maximum atomic E-state index is 14.8. The molecule has 3 heterocycles. The summed E-state index contributed by atoms with van der Waals surface area (Å²) < 4.78 is 31.1. The number of aryl methyl sites for hydroxylation is 1. The normalized spacial score (nSPS) is 21.6. The lowest BCUT2D eigenvalue weighted by molar-refractivity contribution is -0.142. The van der Waals surface area contributed by atoms with Crippen LogP contribution in [0.5, 0.6) is 0 Å². The minimum atomic E-state index is -3.07. The van der Waals surface area contributed by atoms with Crippen LogP contribution in [0.25, 0.3) is 10.9 Å². The Morgan fingerprint density at radius 1 is 1.32 bits per heavy atom. The van der Waals surface area contributed by atoms with Gasteiger partial charge >= 0.3 is 12.0 Å². The van der Waals surface area contributed by atoms with E-state index in [4.69, 9.17) is 5.11 Å². The highest BCUT2D eigenvalue weighted by atomic mass is 35.5. The number of hydrogen-bond acceptors (Lipinski definition) is 5. The number of anilines is 1. The number of carboxylic acids is 1. The average molecular weight is 458 g/mol. The number of carbonyl (C=O) groups excluding carboxylic acids is 2. The summed E-state index contributed by atoms with van der Waals surface area (Å²) >= 11 is 0. The third-order valence-corrected chi connectivity index (χ3v) is 5.61. The summed E-state index contributed by atoms with van der Waals surface area (Å²) in [5, 5.41) is 16.1. The zero-order valence-corrected chi connectivity index (χ0v) is 17.5. The van der Waals surface area contributed by atoms with Crippen molar-refractivity contribution in [3.8, 4) is 0 Å². The summed E-state index contributed by atoms with van der Waals surface area (Å²) in [6.07, 6.45) is 0.288. The first kappa shape index (κ1) is 22.9. The number of rotatable bonds is 4. The van der Waals surface area contributed by atoms with Gasteiger partial charge in [-0.1, -0.05) is 6.07 Å². The second-order valence-corrected chi connectivity index (χ2v) is 7.69. The van der Waals surface area contributed by atoms with Crippen molar-refractivity contribution in [2.75, 3.05) is 31.1 Å². The number of halogens is 3. The van der Waals surface area contributed by atoms with E-state index in [2.05, 4.69) is 10.4 Å². The largest absolute Gasteiger partial charge is 0.480 e. The summed E-state index contributed by atoms with van der Waals surface area (Å²) in [7, 11) is 1.66. The van der Waals surface area contributed by atoms with Crippen molar-refractivity contribution < 1.29 is 28.3 Å². The first-order valence-electron chi connectivity index (χ1n) is 9.55. The van der Waals surface area contributed by atoms with Crippen molar-refractivity contribution in [1.82, 2.24) is 20.0 Å². The van der Waals surface area contributed by atoms with E-state index in [1.165, 1.54) is 14.5 Å². The number of amides is 3. The number of nitrogens with zero attached hydrogens (tertiary/aromatic N) is 4. The van der Waals surface area contributed by atoms with Crippen molar-refractivity contribution in [2.45, 2.75) is 24.7 Å². The molecule has 4 rings (SSSR count). The Balaban J connectivity index is 0.00000272. The molecule has 2 aromatic rings. The number of aromatic nitrogens is 2. The Bertz CT molecular complexity index is 1040. The molecule has 0 saturated carbocycles. The topological polar surface area (TPSA) is 108 Å². The molecule has 1 aromatic heterocycles. The number of carboxylic acid groups (broad SMARTS) is 1. The number of urea groups is 1. The van der Waals surface area contributed by atoms with Crippen molar-refractivity contribution in [1.29, 1.82) is 0 Å². The molecule has 1 atom stereocenters. The van der Waals surface area contributed by atoms with E-state index >= 15 is 0 Å². The molecule has 168 valence electrons. The number of benzene rings is 1. The van der Waals surface area contributed by atoms with Crippen LogP contribution in [0.4, 0.5) is 19.4 Å². The molecule has 0 bridgehead atoms. The number of nitrogens with one attached hydrogen (secondary N) is 1. The minimum Gasteiger partial charge on any atom is -0.480 e. The van der Waals surface area contributed by atoms with Crippen LogP contribution in [0, 0.1) is 0 Å².